The molecule has 2 heterocycles. The molecule has 6 nitrogen and oxygen atoms in total. The van der Waals surface area contributed by atoms with Crippen LogP contribution in [0.15, 0.2) is 36.5 Å². The lowest BCUT2D eigenvalue weighted by Gasteiger charge is -2.22. The predicted molar refractivity (Wildman–Crippen MR) is 87.2 cm³/mol. The standard InChI is InChI=1S/C17H17FN4O2/c1-17(15(23)22(2)16(19)21-17)12-6-4-5-10(7-12)11-8-13(18)14(24-3)20-9-11/h4-9H,1-3H3,(H2,19,21). The number of nitrogens with one attached hydrogen (secondary N) is 2. The van der Waals surface area contributed by atoms with Crippen LogP contribution in [0.2, 0.25) is 0 Å². The van der Waals surface area contributed by atoms with Crippen LogP contribution < -0.4 is 10.1 Å². The summed E-state index contributed by atoms with van der Waals surface area (Å²) in [6.45, 7) is 1.72. The van der Waals surface area contributed by atoms with Crippen LogP contribution in [0.1, 0.15) is 12.5 Å². The number of ether oxygens (including phenoxy) is 1. The van der Waals surface area contributed by atoms with E-state index in [9.17, 15) is 9.18 Å². The van der Waals surface area contributed by atoms with Gasteiger partial charge in [-0.15, -0.1) is 0 Å². The Bertz CT molecular complexity index is 839. The van der Waals surface area contributed by atoms with Crippen LogP contribution in [0.4, 0.5) is 4.39 Å². The highest BCUT2D eigenvalue weighted by atomic mass is 19.1. The number of amides is 1. The molecule has 1 aromatic carbocycles. The molecule has 0 saturated carbocycles. The maximum atomic E-state index is 13.9. The molecule has 24 heavy (non-hydrogen) atoms. The molecule has 7 heteroatoms. The number of carbonyl (C=O) groups excluding carboxylic acids is 1. The smallest absolute Gasteiger partial charge is 0.259 e. The van der Waals surface area contributed by atoms with Gasteiger partial charge in [0.1, 0.15) is 5.54 Å². The Morgan fingerprint density at radius 2 is 2.08 bits per heavy atom. The Hall–Kier alpha value is -2.96. The summed E-state index contributed by atoms with van der Waals surface area (Å²) in [6.07, 6.45) is 1.52. The van der Waals surface area contributed by atoms with Crippen molar-refractivity contribution in [3.05, 3.63) is 47.9 Å². The maximum Gasteiger partial charge on any atom is 0.259 e. The van der Waals surface area contributed by atoms with Crippen molar-refractivity contribution in [1.82, 2.24) is 15.2 Å². The SMILES string of the molecule is COc1ncc(-c2cccc(C3(C)NC(=N)N(C)C3=O)c2)cc1F. The first-order valence-electron chi connectivity index (χ1n) is 7.32. The number of methoxy groups -OCH3 is 1. The van der Waals surface area contributed by atoms with Crippen molar-refractivity contribution >= 4 is 11.9 Å². The highest BCUT2D eigenvalue weighted by Crippen LogP contribution is 2.31. The van der Waals surface area contributed by atoms with Gasteiger partial charge in [-0.05, 0) is 30.2 Å². The van der Waals surface area contributed by atoms with Gasteiger partial charge in [-0.2, -0.15) is 0 Å². The number of likely N-dealkylation sites (N-methyl/N-ethyl adjacent to an activating group) is 1. The van der Waals surface area contributed by atoms with Crippen LogP contribution in [-0.2, 0) is 10.3 Å². The maximum absolute atomic E-state index is 13.9. The van der Waals surface area contributed by atoms with Gasteiger partial charge in [0, 0.05) is 18.8 Å². The summed E-state index contributed by atoms with van der Waals surface area (Å²) < 4.78 is 18.7. The summed E-state index contributed by atoms with van der Waals surface area (Å²) in [5.41, 5.74) is 0.960. The number of carbonyl (C=O) groups is 1. The zero-order chi connectivity index (χ0) is 17.5. The number of rotatable bonds is 3. The van der Waals surface area contributed by atoms with Crippen LogP contribution in [-0.4, -0.2) is 35.9 Å². The number of benzene rings is 1. The Labute approximate surface area is 138 Å². The molecule has 1 fully saturated rings. The predicted octanol–water partition coefficient (Wildman–Crippen LogP) is 2.11. The van der Waals surface area contributed by atoms with E-state index in [1.54, 1.807) is 32.2 Å². The molecule has 1 aliphatic rings. The quantitative estimate of drug-likeness (QED) is 0.904. The largest absolute Gasteiger partial charge is 0.479 e. The minimum Gasteiger partial charge on any atom is -0.479 e. The van der Waals surface area contributed by atoms with Gasteiger partial charge < -0.3 is 10.1 Å². The van der Waals surface area contributed by atoms with E-state index in [1.807, 2.05) is 6.07 Å². The van der Waals surface area contributed by atoms with Gasteiger partial charge in [-0.3, -0.25) is 15.1 Å². The van der Waals surface area contributed by atoms with Crippen molar-refractivity contribution in [1.29, 1.82) is 5.41 Å². The highest BCUT2D eigenvalue weighted by Gasteiger charge is 2.45. The lowest BCUT2D eigenvalue weighted by Crippen LogP contribution is -2.40. The number of halogens is 1. The zero-order valence-corrected chi connectivity index (χ0v) is 13.6. The Balaban J connectivity index is 2.03. The molecule has 2 N–H and O–H groups in total. The van der Waals surface area contributed by atoms with E-state index >= 15 is 0 Å². The molecule has 3 rings (SSSR count). The third kappa shape index (κ3) is 2.38. The molecule has 1 unspecified atom stereocenters. The Kier molecular flexibility index (Phi) is 3.71. The molecule has 1 amide bonds. The number of hydrogen-bond donors (Lipinski definition) is 2. The van der Waals surface area contributed by atoms with E-state index < -0.39 is 11.4 Å². The minimum atomic E-state index is -1.03. The van der Waals surface area contributed by atoms with Gasteiger partial charge >= 0.3 is 0 Å². The lowest BCUT2D eigenvalue weighted by atomic mass is 9.90. The Morgan fingerprint density at radius 1 is 1.33 bits per heavy atom. The van der Waals surface area contributed by atoms with Crippen LogP contribution in [0.3, 0.4) is 0 Å². The molecule has 0 radical (unpaired) electrons. The third-order valence-corrected chi connectivity index (χ3v) is 4.21. The molecule has 0 aliphatic carbocycles. The molecule has 1 atom stereocenters. The number of hydrogen-bond acceptors (Lipinski definition) is 4. The lowest BCUT2D eigenvalue weighted by molar-refractivity contribution is -0.129. The van der Waals surface area contributed by atoms with Crippen LogP contribution in [0, 0.1) is 11.2 Å². The number of aromatic nitrogens is 1. The van der Waals surface area contributed by atoms with Crippen LogP contribution >= 0.6 is 0 Å². The van der Waals surface area contributed by atoms with Crippen molar-refractivity contribution in [2.75, 3.05) is 14.2 Å². The fourth-order valence-corrected chi connectivity index (χ4v) is 2.75. The molecule has 1 saturated heterocycles. The van der Waals surface area contributed by atoms with Gasteiger partial charge in [0.25, 0.3) is 5.91 Å². The normalized spacial score (nSPS) is 20.2. The minimum absolute atomic E-state index is 0.0464. The highest BCUT2D eigenvalue weighted by molar-refractivity contribution is 6.07. The van der Waals surface area contributed by atoms with Gasteiger partial charge in [0.05, 0.1) is 7.11 Å². The van der Waals surface area contributed by atoms with E-state index in [4.69, 9.17) is 10.1 Å². The van der Waals surface area contributed by atoms with Gasteiger partial charge in [-0.1, -0.05) is 18.2 Å². The number of guanidine groups is 1. The van der Waals surface area contributed by atoms with Crippen molar-refractivity contribution in [2.45, 2.75) is 12.5 Å². The third-order valence-electron chi connectivity index (χ3n) is 4.21. The molecule has 2 aromatic rings. The van der Waals surface area contributed by atoms with E-state index in [-0.39, 0.29) is 17.7 Å². The molecule has 0 spiro atoms. The molecule has 124 valence electrons. The summed E-state index contributed by atoms with van der Waals surface area (Å²) in [4.78, 5) is 17.7. The van der Waals surface area contributed by atoms with Crippen molar-refractivity contribution in [2.24, 2.45) is 0 Å². The number of nitrogens with zero attached hydrogens (tertiary/aromatic N) is 2. The van der Waals surface area contributed by atoms with Crippen LogP contribution in [0.25, 0.3) is 11.1 Å². The van der Waals surface area contributed by atoms with Crippen LogP contribution in [0.5, 0.6) is 5.88 Å². The average Bonchev–Trinajstić information content (AvgIpc) is 2.79. The zero-order valence-electron chi connectivity index (χ0n) is 13.6. The van der Waals surface area contributed by atoms with Crippen molar-refractivity contribution < 1.29 is 13.9 Å². The summed E-state index contributed by atoms with van der Waals surface area (Å²) in [5, 5.41) is 10.7. The van der Waals surface area contributed by atoms with Gasteiger partial charge in [0.15, 0.2) is 11.8 Å². The molecule has 1 aromatic heterocycles. The first-order valence-corrected chi connectivity index (χ1v) is 7.32. The molecule has 0 bridgehead atoms. The second-order valence-electron chi connectivity index (χ2n) is 5.76. The summed E-state index contributed by atoms with van der Waals surface area (Å²) in [6, 6.07) is 8.53. The molecular weight excluding hydrogens is 311 g/mol. The van der Waals surface area contributed by atoms with Gasteiger partial charge in [0.2, 0.25) is 5.88 Å². The molecule has 1 aliphatic heterocycles. The van der Waals surface area contributed by atoms with E-state index in [2.05, 4.69) is 10.3 Å². The van der Waals surface area contributed by atoms with Gasteiger partial charge in [-0.25, -0.2) is 9.37 Å². The van der Waals surface area contributed by atoms with Crippen molar-refractivity contribution in [3.8, 4) is 17.0 Å². The monoisotopic (exact) mass is 328 g/mol. The van der Waals surface area contributed by atoms with E-state index in [0.717, 1.165) is 5.56 Å². The summed E-state index contributed by atoms with van der Waals surface area (Å²) in [7, 11) is 2.91. The first-order chi connectivity index (χ1) is 11.4. The fourth-order valence-electron chi connectivity index (χ4n) is 2.75. The first kappa shape index (κ1) is 15.9. The topological polar surface area (TPSA) is 78.3 Å². The summed E-state index contributed by atoms with van der Waals surface area (Å²) >= 11 is 0. The van der Waals surface area contributed by atoms with E-state index in [1.165, 1.54) is 24.3 Å². The second-order valence-corrected chi connectivity index (χ2v) is 5.76. The Morgan fingerprint density at radius 3 is 2.67 bits per heavy atom. The number of pyridine rings is 1. The average molecular weight is 328 g/mol. The molecular formula is C17H17FN4O2. The summed E-state index contributed by atoms with van der Waals surface area (Å²) in [5.74, 6) is -0.790. The fraction of sp³-hybridized carbons (Fsp3) is 0.235. The van der Waals surface area contributed by atoms with E-state index in [0.29, 0.717) is 11.1 Å². The second kappa shape index (κ2) is 5.59. The van der Waals surface area contributed by atoms with Crippen molar-refractivity contribution in [3.63, 3.8) is 0 Å².